The van der Waals surface area contributed by atoms with Crippen LogP contribution in [0, 0.1) is 29.1 Å². The maximum absolute atomic E-state index is 13.3. The van der Waals surface area contributed by atoms with Crippen LogP contribution >= 0.6 is 0 Å². The van der Waals surface area contributed by atoms with E-state index in [-0.39, 0.29) is 0 Å². The van der Waals surface area contributed by atoms with Gasteiger partial charge in [0.2, 0.25) is 16.2 Å². The Balaban J connectivity index is 3.55. The van der Waals surface area contributed by atoms with Crippen molar-refractivity contribution in [3.8, 4) is 0 Å². The molecule has 0 aliphatic heterocycles. The topological polar surface area (TPSA) is 66.4 Å². The Morgan fingerprint density at radius 2 is 1.27 bits per heavy atom. The highest BCUT2D eigenvalue weighted by atomic mass is 32.3. The molecule has 126 valence electrons. The normalized spacial score (nSPS) is 14.2. The van der Waals surface area contributed by atoms with Gasteiger partial charge in [0.15, 0.2) is 23.3 Å². The van der Waals surface area contributed by atoms with E-state index in [1.165, 1.54) is 0 Å². The van der Waals surface area contributed by atoms with Crippen LogP contribution in [0.25, 0.3) is 0 Å². The Bertz CT molecular complexity index is 655. The second kappa shape index (κ2) is 5.96. The first-order valence-corrected chi connectivity index (χ1v) is 6.30. The molecule has 22 heavy (non-hydrogen) atoms. The summed E-state index contributed by atoms with van der Waals surface area (Å²) >= 11 is 0. The molecule has 0 saturated heterocycles. The number of rotatable bonds is 4. The van der Waals surface area contributed by atoms with Crippen molar-refractivity contribution in [1.82, 2.24) is 0 Å². The zero-order valence-corrected chi connectivity index (χ0v) is 10.7. The lowest BCUT2D eigenvalue weighted by atomic mass is 10.0. The van der Waals surface area contributed by atoms with Crippen LogP contribution in [-0.2, 0) is 14.6 Å². The highest BCUT2D eigenvalue weighted by Crippen LogP contribution is 2.37. The Labute approximate surface area is 117 Å². The molecule has 1 aromatic rings. The van der Waals surface area contributed by atoms with Gasteiger partial charge in [0, 0.05) is 0 Å². The third kappa shape index (κ3) is 4.27. The molecule has 0 aliphatic carbocycles. The van der Waals surface area contributed by atoms with Gasteiger partial charge in [-0.15, -0.1) is 0 Å². The molecule has 0 heterocycles. The first-order chi connectivity index (χ1) is 9.74. The molecule has 0 amide bonds. The maximum Gasteiger partial charge on any atom is 0.391 e. The molecule has 0 radical (unpaired) electrons. The molecule has 1 rings (SSSR count). The summed E-state index contributed by atoms with van der Waals surface area (Å²) in [5.41, 5.74) is -2.21. The van der Waals surface area contributed by atoms with Crippen LogP contribution in [0.5, 0.6) is 0 Å². The summed E-state index contributed by atoms with van der Waals surface area (Å²) in [5.74, 6) is -13.4. The highest BCUT2D eigenvalue weighted by Gasteiger charge is 2.39. The average molecular weight is 359 g/mol. The predicted octanol–water partition coefficient (Wildman–Crippen LogP) is 2.85. The van der Waals surface area contributed by atoms with E-state index in [2.05, 4.69) is 4.18 Å². The van der Waals surface area contributed by atoms with Crippen molar-refractivity contribution in [3.63, 3.8) is 0 Å². The van der Waals surface area contributed by atoms with Crippen molar-refractivity contribution in [3.05, 3.63) is 34.6 Å². The van der Waals surface area contributed by atoms with E-state index in [1.807, 2.05) is 0 Å². The fourth-order valence-electron chi connectivity index (χ4n) is 1.44. The second-order valence-corrected chi connectivity index (χ2v) is 4.80. The molecule has 1 aromatic carbocycles. The van der Waals surface area contributed by atoms with Crippen LogP contribution < -0.4 is 0 Å². The fourth-order valence-corrected chi connectivity index (χ4v) is 1.89. The molecular weight excluding hydrogens is 356 g/mol. The molecule has 4 nitrogen and oxygen atoms in total. The van der Waals surface area contributed by atoms with Gasteiger partial charge in [0.25, 0.3) is 0 Å². The maximum atomic E-state index is 13.3. The minimum absolute atomic E-state index is 2.21. The van der Waals surface area contributed by atoms with Crippen molar-refractivity contribution in [2.75, 3.05) is 0 Å². The lowest BCUT2D eigenvalue weighted by Gasteiger charge is -2.22. The van der Waals surface area contributed by atoms with Crippen LogP contribution in [0.1, 0.15) is 18.1 Å². The number of hydrogen-bond acceptors (Lipinski definition) is 4. The molecule has 1 atom stereocenters. The number of halogens is 8. The third-order valence-corrected chi connectivity index (χ3v) is 2.68. The largest absolute Gasteiger partial charge is 0.726 e. The third-order valence-electron chi connectivity index (χ3n) is 2.22. The fraction of sp³-hybridized carbons (Fsp3) is 0.333. The van der Waals surface area contributed by atoms with Gasteiger partial charge in [-0.1, -0.05) is 0 Å². The standard InChI is InChI=1S/C9H4F8O4S/c10-4-3(5(11)7(13)8(14)6(4)12)2(1-9(15,16)17)21-22(18,19)20/h2H,1H2,(H,18,19,20)/p-1. The first kappa shape index (κ1) is 18.6. The van der Waals surface area contributed by atoms with Crippen molar-refractivity contribution < 1.29 is 52.3 Å². The summed E-state index contributed by atoms with van der Waals surface area (Å²) in [6, 6.07) is 0. The average Bonchev–Trinajstić information content (AvgIpc) is 2.30. The molecule has 1 unspecified atom stereocenters. The summed E-state index contributed by atoms with van der Waals surface area (Å²) in [7, 11) is -5.94. The quantitative estimate of drug-likeness (QED) is 0.273. The molecule has 0 spiro atoms. The van der Waals surface area contributed by atoms with E-state index < -0.39 is 63.7 Å². The van der Waals surface area contributed by atoms with Crippen molar-refractivity contribution in [2.24, 2.45) is 0 Å². The summed E-state index contributed by atoms with van der Waals surface area (Å²) in [5, 5.41) is 0. The van der Waals surface area contributed by atoms with Crippen LogP contribution in [-0.4, -0.2) is 19.1 Å². The Kier molecular flexibility index (Phi) is 5.04. The molecule has 0 saturated carbocycles. The number of hydrogen-bond donors (Lipinski definition) is 0. The van der Waals surface area contributed by atoms with Crippen LogP contribution in [0.4, 0.5) is 35.1 Å². The van der Waals surface area contributed by atoms with Gasteiger partial charge in [-0.05, 0) is 0 Å². The Morgan fingerprint density at radius 3 is 1.59 bits per heavy atom. The Morgan fingerprint density at radius 1 is 0.909 bits per heavy atom. The molecule has 0 bridgehead atoms. The van der Waals surface area contributed by atoms with E-state index in [1.54, 1.807) is 0 Å². The zero-order valence-electron chi connectivity index (χ0n) is 9.85. The first-order valence-electron chi connectivity index (χ1n) is 4.96. The van der Waals surface area contributed by atoms with Gasteiger partial charge >= 0.3 is 6.18 Å². The van der Waals surface area contributed by atoms with E-state index in [0.717, 1.165) is 0 Å². The monoisotopic (exact) mass is 359 g/mol. The van der Waals surface area contributed by atoms with Gasteiger partial charge in [0.1, 0.15) is 6.10 Å². The minimum Gasteiger partial charge on any atom is -0.726 e. The van der Waals surface area contributed by atoms with E-state index >= 15 is 0 Å². The van der Waals surface area contributed by atoms with E-state index in [9.17, 15) is 48.1 Å². The summed E-state index contributed by atoms with van der Waals surface area (Å²) in [4.78, 5) is 0. The minimum atomic E-state index is -5.94. The van der Waals surface area contributed by atoms with E-state index in [4.69, 9.17) is 0 Å². The molecular formula is C9H3F8O4S-. The van der Waals surface area contributed by atoms with Gasteiger partial charge < -0.3 is 4.55 Å². The summed E-state index contributed by atoms with van der Waals surface area (Å²) in [6.07, 6.45) is -11.1. The molecule has 13 heteroatoms. The van der Waals surface area contributed by atoms with Crippen LogP contribution in [0.2, 0.25) is 0 Å². The smallest absolute Gasteiger partial charge is 0.391 e. The lowest BCUT2D eigenvalue weighted by molar-refractivity contribution is -0.152. The summed E-state index contributed by atoms with van der Waals surface area (Å²) < 4.78 is 136. The molecule has 0 N–H and O–H groups in total. The SMILES string of the molecule is O=S(=O)([O-])OC(CC(F)(F)F)c1c(F)c(F)c(F)c(F)c1F. The highest BCUT2D eigenvalue weighted by molar-refractivity contribution is 7.80. The van der Waals surface area contributed by atoms with Gasteiger partial charge in [-0.3, -0.25) is 4.18 Å². The second-order valence-electron chi connectivity index (χ2n) is 3.80. The Hall–Kier alpha value is -1.47. The van der Waals surface area contributed by atoms with Crippen molar-refractivity contribution in [2.45, 2.75) is 18.7 Å². The summed E-state index contributed by atoms with van der Waals surface area (Å²) in [6.45, 7) is 0. The molecule has 0 fully saturated rings. The van der Waals surface area contributed by atoms with Gasteiger partial charge in [-0.2, -0.15) is 13.2 Å². The van der Waals surface area contributed by atoms with Crippen molar-refractivity contribution in [1.29, 1.82) is 0 Å². The molecule has 0 aromatic heterocycles. The number of alkyl halides is 3. The van der Waals surface area contributed by atoms with Crippen LogP contribution in [0.15, 0.2) is 0 Å². The van der Waals surface area contributed by atoms with Crippen LogP contribution in [0.3, 0.4) is 0 Å². The lowest BCUT2D eigenvalue weighted by Crippen LogP contribution is -2.22. The number of benzene rings is 1. The zero-order chi connectivity index (χ0) is 17.5. The van der Waals surface area contributed by atoms with Gasteiger partial charge in [0.05, 0.1) is 12.0 Å². The van der Waals surface area contributed by atoms with Gasteiger partial charge in [-0.25, -0.2) is 30.4 Å². The van der Waals surface area contributed by atoms with E-state index in [0.29, 0.717) is 0 Å². The molecule has 0 aliphatic rings. The van der Waals surface area contributed by atoms with Crippen molar-refractivity contribution >= 4 is 10.4 Å². The predicted molar refractivity (Wildman–Crippen MR) is 50.4 cm³/mol.